The first-order valence-electron chi connectivity index (χ1n) is 10.9. The topological polar surface area (TPSA) is 129 Å². The lowest BCUT2D eigenvalue weighted by Crippen LogP contribution is -2.58. The van der Waals surface area contributed by atoms with Crippen molar-refractivity contribution in [1.29, 1.82) is 5.26 Å². The number of carbonyl (C=O) groups excluding carboxylic acids is 2. The SMILES string of the molecule is C[C@@H](O)[C@H](NC(=O)N1CCN(c2ccc(C#Cc3ccc(CC#N)cc3)cc2)CC1)C(=O)NO. The first kappa shape index (κ1) is 24.6. The number of nitriles is 1. The molecular formula is C25H27N5O4. The van der Waals surface area contributed by atoms with Gasteiger partial charge in [-0.2, -0.15) is 5.26 Å². The molecule has 1 aliphatic heterocycles. The lowest BCUT2D eigenvalue weighted by atomic mass is 10.1. The molecule has 2 aromatic carbocycles. The van der Waals surface area contributed by atoms with Gasteiger partial charge in [-0.3, -0.25) is 10.0 Å². The first-order valence-corrected chi connectivity index (χ1v) is 10.9. The van der Waals surface area contributed by atoms with E-state index in [0.29, 0.717) is 32.6 Å². The second-order valence-electron chi connectivity index (χ2n) is 7.95. The van der Waals surface area contributed by atoms with E-state index in [-0.39, 0.29) is 0 Å². The highest BCUT2D eigenvalue weighted by Crippen LogP contribution is 2.17. The first-order chi connectivity index (χ1) is 16.4. The lowest BCUT2D eigenvalue weighted by molar-refractivity contribution is -0.133. The molecule has 1 heterocycles. The molecule has 4 N–H and O–H groups in total. The molecule has 0 saturated carbocycles. The fraction of sp³-hybridized carbons (Fsp3) is 0.320. The maximum Gasteiger partial charge on any atom is 0.318 e. The van der Waals surface area contributed by atoms with Gasteiger partial charge in [0.15, 0.2) is 0 Å². The Bertz CT molecular complexity index is 1090. The van der Waals surface area contributed by atoms with Crippen LogP contribution in [0.3, 0.4) is 0 Å². The van der Waals surface area contributed by atoms with Gasteiger partial charge in [-0.1, -0.05) is 24.0 Å². The number of hydrogen-bond donors (Lipinski definition) is 4. The Balaban J connectivity index is 1.54. The average molecular weight is 462 g/mol. The van der Waals surface area contributed by atoms with Crippen LogP contribution in [0.5, 0.6) is 0 Å². The highest BCUT2D eigenvalue weighted by Gasteiger charge is 2.29. The third-order valence-corrected chi connectivity index (χ3v) is 5.54. The van der Waals surface area contributed by atoms with E-state index in [1.807, 2.05) is 48.5 Å². The van der Waals surface area contributed by atoms with Crippen molar-refractivity contribution in [1.82, 2.24) is 15.7 Å². The molecule has 3 amide bonds. The number of urea groups is 1. The third kappa shape index (κ3) is 6.48. The minimum absolute atomic E-state index is 0.386. The number of aliphatic hydroxyl groups excluding tert-OH is 1. The second-order valence-corrected chi connectivity index (χ2v) is 7.95. The van der Waals surface area contributed by atoms with Crippen LogP contribution in [0, 0.1) is 23.2 Å². The van der Waals surface area contributed by atoms with E-state index in [1.54, 1.807) is 4.90 Å². The maximum absolute atomic E-state index is 12.5. The fourth-order valence-corrected chi connectivity index (χ4v) is 3.56. The van der Waals surface area contributed by atoms with Crippen LogP contribution in [-0.2, 0) is 11.2 Å². The van der Waals surface area contributed by atoms with E-state index in [9.17, 15) is 14.7 Å². The van der Waals surface area contributed by atoms with E-state index in [1.165, 1.54) is 12.4 Å². The summed E-state index contributed by atoms with van der Waals surface area (Å²) < 4.78 is 0. The number of hydroxylamine groups is 1. The van der Waals surface area contributed by atoms with Gasteiger partial charge in [0.1, 0.15) is 6.04 Å². The lowest BCUT2D eigenvalue weighted by Gasteiger charge is -2.36. The predicted molar refractivity (Wildman–Crippen MR) is 126 cm³/mol. The number of hydrogen-bond acceptors (Lipinski definition) is 6. The highest BCUT2D eigenvalue weighted by molar-refractivity contribution is 5.87. The van der Waals surface area contributed by atoms with Crippen molar-refractivity contribution < 1.29 is 19.9 Å². The van der Waals surface area contributed by atoms with Crippen LogP contribution in [-0.4, -0.2) is 65.5 Å². The Morgan fingerprint density at radius 1 is 1.00 bits per heavy atom. The van der Waals surface area contributed by atoms with Crippen LogP contribution in [0.4, 0.5) is 10.5 Å². The molecule has 0 aromatic heterocycles. The molecule has 0 unspecified atom stereocenters. The van der Waals surface area contributed by atoms with Gasteiger partial charge in [-0.25, -0.2) is 10.3 Å². The molecule has 0 bridgehead atoms. The summed E-state index contributed by atoms with van der Waals surface area (Å²) in [6, 6.07) is 15.9. The molecule has 34 heavy (non-hydrogen) atoms. The van der Waals surface area contributed by atoms with Crippen molar-refractivity contribution in [3.05, 3.63) is 65.2 Å². The number of amides is 3. The van der Waals surface area contributed by atoms with Gasteiger partial charge in [0, 0.05) is 43.0 Å². The summed E-state index contributed by atoms with van der Waals surface area (Å²) in [5.41, 5.74) is 5.21. The van der Waals surface area contributed by atoms with E-state index in [0.717, 1.165) is 22.4 Å². The number of aliphatic hydroxyl groups is 1. The number of nitrogens with one attached hydrogen (secondary N) is 2. The van der Waals surface area contributed by atoms with Gasteiger partial charge in [0.25, 0.3) is 5.91 Å². The van der Waals surface area contributed by atoms with Gasteiger partial charge in [0.2, 0.25) is 0 Å². The summed E-state index contributed by atoms with van der Waals surface area (Å²) in [7, 11) is 0. The summed E-state index contributed by atoms with van der Waals surface area (Å²) in [6.07, 6.45) is -0.765. The van der Waals surface area contributed by atoms with Crippen LogP contribution >= 0.6 is 0 Å². The Morgan fingerprint density at radius 3 is 2.06 bits per heavy atom. The zero-order chi connectivity index (χ0) is 24.5. The van der Waals surface area contributed by atoms with Crippen LogP contribution < -0.4 is 15.7 Å². The van der Waals surface area contributed by atoms with E-state index >= 15 is 0 Å². The van der Waals surface area contributed by atoms with Crippen molar-refractivity contribution >= 4 is 17.6 Å². The highest BCUT2D eigenvalue weighted by atomic mass is 16.5. The minimum atomic E-state index is -1.24. The number of rotatable bonds is 5. The van der Waals surface area contributed by atoms with Crippen molar-refractivity contribution in [2.45, 2.75) is 25.5 Å². The third-order valence-electron chi connectivity index (χ3n) is 5.54. The molecule has 9 nitrogen and oxygen atoms in total. The molecule has 0 aliphatic carbocycles. The Morgan fingerprint density at radius 2 is 1.56 bits per heavy atom. The van der Waals surface area contributed by atoms with Crippen molar-refractivity contribution in [3.63, 3.8) is 0 Å². The number of piperazine rings is 1. The molecular weight excluding hydrogens is 434 g/mol. The van der Waals surface area contributed by atoms with Crippen molar-refractivity contribution in [3.8, 4) is 17.9 Å². The average Bonchev–Trinajstić information content (AvgIpc) is 2.86. The predicted octanol–water partition coefficient (Wildman–Crippen LogP) is 1.24. The normalized spacial score (nSPS) is 14.8. The largest absolute Gasteiger partial charge is 0.391 e. The smallest absolute Gasteiger partial charge is 0.318 e. The Labute approximate surface area is 198 Å². The summed E-state index contributed by atoms with van der Waals surface area (Å²) >= 11 is 0. The van der Waals surface area contributed by atoms with Gasteiger partial charge >= 0.3 is 6.03 Å². The standard InChI is InChI=1S/C25H27N5O4/c1-18(31)23(24(32)28-34)27-25(33)30-16-14-29(15-17-30)22-10-8-20(9-11-22)3-2-19-4-6-21(7-5-19)12-13-26/h4-11,18,23,31,34H,12,14-17H2,1H3,(H,27,33)(H,28,32)/t18-,23+/m1/s1. The molecule has 9 heteroatoms. The molecule has 2 aromatic rings. The number of nitrogens with zero attached hydrogens (tertiary/aromatic N) is 3. The van der Waals surface area contributed by atoms with Crippen LogP contribution in [0.1, 0.15) is 23.6 Å². The van der Waals surface area contributed by atoms with Crippen LogP contribution in [0.25, 0.3) is 0 Å². The summed E-state index contributed by atoms with van der Waals surface area (Å²) in [4.78, 5) is 27.8. The van der Waals surface area contributed by atoms with Crippen LogP contribution in [0.2, 0.25) is 0 Å². The number of benzene rings is 2. The number of anilines is 1. The molecule has 1 aliphatic rings. The molecule has 1 saturated heterocycles. The van der Waals surface area contributed by atoms with Gasteiger partial charge in [-0.15, -0.1) is 0 Å². The van der Waals surface area contributed by atoms with Crippen LogP contribution in [0.15, 0.2) is 48.5 Å². The fourth-order valence-electron chi connectivity index (χ4n) is 3.56. The molecule has 0 radical (unpaired) electrons. The molecule has 3 rings (SSSR count). The molecule has 2 atom stereocenters. The minimum Gasteiger partial charge on any atom is -0.391 e. The molecule has 176 valence electrons. The zero-order valence-electron chi connectivity index (χ0n) is 18.9. The quantitative estimate of drug-likeness (QED) is 0.301. The van der Waals surface area contributed by atoms with Gasteiger partial charge in [0.05, 0.1) is 18.6 Å². The summed E-state index contributed by atoms with van der Waals surface area (Å²) in [6.45, 7) is 3.47. The van der Waals surface area contributed by atoms with E-state index < -0.39 is 24.1 Å². The van der Waals surface area contributed by atoms with Gasteiger partial charge in [-0.05, 0) is 48.9 Å². The summed E-state index contributed by atoms with van der Waals surface area (Å²) in [5, 5.41) is 29.6. The monoisotopic (exact) mass is 461 g/mol. The maximum atomic E-state index is 12.5. The van der Waals surface area contributed by atoms with E-state index in [4.69, 9.17) is 10.5 Å². The Hall–Kier alpha value is -4.05. The molecule has 0 spiro atoms. The second kappa shape index (κ2) is 11.7. The summed E-state index contributed by atoms with van der Waals surface area (Å²) in [5.74, 6) is 5.39. The van der Waals surface area contributed by atoms with Crippen molar-refractivity contribution in [2.24, 2.45) is 0 Å². The zero-order valence-corrected chi connectivity index (χ0v) is 18.9. The Kier molecular flexibility index (Phi) is 8.47. The van der Waals surface area contributed by atoms with Crippen molar-refractivity contribution in [2.75, 3.05) is 31.1 Å². The van der Waals surface area contributed by atoms with E-state index in [2.05, 4.69) is 28.1 Å². The van der Waals surface area contributed by atoms with Gasteiger partial charge < -0.3 is 20.2 Å². The number of carbonyl (C=O) groups is 2. The molecule has 1 fully saturated rings.